The van der Waals surface area contributed by atoms with Gasteiger partial charge in [-0.05, 0) is 31.9 Å². The summed E-state index contributed by atoms with van der Waals surface area (Å²) in [5.74, 6) is 1.16. The summed E-state index contributed by atoms with van der Waals surface area (Å²) in [6.45, 7) is 3.98. The van der Waals surface area contributed by atoms with Crippen molar-refractivity contribution in [3.8, 4) is 11.5 Å². The number of hydrogen-bond donors (Lipinski definition) is 0. The Morgan fingerprint density at radius 2 is 1.77 bits per heavy atom. The average Bonchev–Trinajstić information content (AvgIpc) is 2.79. The van der Waals surface area contributed by atoms with Crippen LogP contribution in [0.15, 0.2) is 46.9 Å². The third-order valence-corrected chi connectivity index (χ3v) is 8.36. The topological polar surface area (TPSA) is 85.4 Å². The first-order valence-corrected chi connectivity index (χ1v) is 12.1. The summed E-state index contributed by atoms with van der Waals surface area (Å²) in [4.78, 5) is 14.7. The molecule has 3 heterocycles. The summed E-state index contributed by atoms with van der Waals surface area (Å²) in [7, 11) is -3.66. The first kappa shape index (κ1) is 20.4. The van der Waals surface area contributed by atoms with Gasteiger partial charge in [0.1, 0.15) is 19.8 Å². The van der Waals surface area contributed by atoms with E-state index in [2.05, 4.69) is 6.08 Å². The minimum Gasteiger partial charge on any atom is -0.486 e. The predicted molar refractivity (Wildman–Crippen MR) is 113 cm³/mol. The number of rotatable bonds is 3. The maximum atomic E-state index is 13.2. The molecule has 3 aliphatic heterocycles. The Hall–Kier alpha value is -2.52. The predicted octanol–water partition coefficient (Wildman–Crippen LogP) is 2.56. The van der Waals surface area contributed by atoms with Gasteiger partial charge in [-0.1, -0.05) is 23.8 Å². The number of benzene rings is 1. The van der Waals surface area contributed by atoms with Gasteiger partial charge in [0.2, 0.25) is 10.0 Å². The number of hydrogen-bond acceptors (Lipinski definition) is 6. The van der Waals surface area contributed by atoms with E-state index in [0.717, 1.165) is 5.57 Å². The molecule has 0 radical (unpaired) electrons. The number of cyclic esters (lactones) is 1. The zero-order chi connectivity index (χ0) is 21.6. The maximum Gasteiger partial charge on any atom is 0.410 e. The van der Waals surface area contributed by atoms with Crippen LogP contribution >= 0.6 is 0 Å². The second kappa shape index (κ2) is 7.87. The molecule has 1 amide bonds. The molecule has 1 aliphatic carbocycles. The molecule has 1 aromatic carbocycles. The Kier molecular flexibility index (Phi) is 5.18. The number of fused-ring (bicyclic) bond motifs is 2. The molecule has 0 N–H and O–H groups in total. The summed E-state index contributed by atoms with van der Waals surface area (Å²) in [6, 6.07) is 4.66. The highest BCUT2D eigenvalue weighted by Crippen LogP contribution is 2.36. The Labute approximate surface area is 182 Å². The van der Waals surface area contributed by atoms with Gasteiger partial charge in [-0.25, -0.2) is 13.2 Å². The summed E-state index contributed by atoms with van der Waals surface area (Å²) in [5.41, 5.74) is 1.13. The second-order valence-electron chi connectivity index (χ2n) is 8.33. The van der Waals surface area contributed by atoms with Gasteiger partial charge < -0.3 is 14.2 Å². The molecule has 31 heavy (non-hydrogen) atoms. The molecule has 8 nitrogen and oxygen atoms in total. The Balaban J connectivity index is 1.31. The molecular formula is C22H26N2O6S. The molecular weight excluding hydrogens is 420 g/mol. The van der Waals surface area contributed by atoms with Gasteiger partial charge in [-0.2, -0.15) is 4.31 Å². The lowest BCUT2D eigenvalue weighted by molar-refractivity contribution is 0.00287. The molecule has 0 bridgehead atoms. The Bertz CT molecular complexity index is 1040. The third kappa shape index (κ3) is 3.59. The lowest BCUT2D eigenvalue weighted by Crippen LogP contribution is -2.58. The number of sulfonamides is 1. The molecule has 2 fully saturated rings. The normalized spacial score (nSPS) is 26.8. The lowest BCUT2D eigenvalue weighted by atomic mass is 9.86. The zero-order valence-electron chi connectivity index (χ0n) is 17.4. The monoisotopic (exact) mass is 446 g/mol. The minimum absolute atomic E-state index is 0.0165. The van der Waals surface area contributed by atoms with E-state index in [1.54, 1.807) is 12.1 Å². The van der Waals surface area contributed by atoms with Crippen molar-refractivity contribution in [1.82, 2.24) is 9.21 Å². The standard InChI is InChI=1S/C22H26N2O6S/c1-15-3-2-4-16-14-30-22(25)24(21(15)16)17-7-9-23(10-8-17)31(26,27)18-5-6-19-20(13-18)29-12-11-28-19/h2-6,13,16-17,21H,7-12,14H2,1H3. The molecule has 0 saturated carbocycles. The van der Waals surface area contributed by atoms with Crippen LogP contribution in [0.2, 0.25) is 0 Å². The second-order valence-corrected chi connectivity index (χ2v) is 10.3. The highest BCUT2D eigenvalue weighted by Gasteiger charge is 2.43. The molecule has 1 aromatic rings. The molecule has 5 rings (SSSR count). The summed E-state index contributed by atoms with van der Waals surface area (Å²) in [5, 5.41) is 0. The first-order valence-electron chi connectivity index (χ1n) is 10.6. The first-order chi connectivity index (χ1) is 14.9. The maximum absolute atomic E-state index is 13.2. The van der Waals surface area contributed by atoms with Crippen LogP contribution in [0, 0.1) is 5.92 Å². The van der Waals surface area contributed by atoms with Crippen molar-refractivity contribution < 1.29 is 27.4 Å². The largest absolute Gasteiger partial charge is 0.486 e. The molecule has 9 heteroatoms. The van der Waals surface area contributed by atoms with E-state index in [0.29, 0.717) is 57.3 Å². The Morgan fingerprint density at radius 3 is 2.55 bits per heavy atom. The van der Waals surface area contributed by atoms with Crippen molar-refractivity contribution in [3.63, 3.8) is 0 Å². The molecule has 2 saturated heterocycles. The van der Waals surface area contributed by atoms with Gasteiger partial charge in [-0.15, -0.1) is 0 Å². The molecule has 0 aromatic heterocycles. The van der Waals surface area contributed by atoms with Gasteiger partial charge in [-0.3, -0.25) is 4.90 Å². The minimum atomic E-state index is -3.66. The molecule has 166 valence electrons. The third-order valence-electron chi connectivity index (χ3n) is 6.47. The number of carbonyl (C=O) groups excluding carboxylic acids is 1. The Morgan fingerprint density at radius 1 is 1.03 bits per heavy atom. The fraction of sp³-hybridized carbons (Fsp3) is 0.500. The average molecular weight is 447 g/mol. The van der Waals surface area contributed by atoms with Crippen molar-refractivity contribution in [2.75, 3.05) is 32.9 Å². The van der Waals surface area contributed by atoms with Crippen LogP contribution in [0.3, 0.4) is 0 Å². The summed E-state index contributed by atoms with van der Waals surface area (Å²) < 4.78 is 44.4. The van der Waals surface area contributed by atoms with E-state index in [-0.39, 0.29) is 29.0 Å². The van der Waals surface area contributed by atoms with Crippen LogP contribution in [0.1, 0.15) is 19.8 Å². The van der Waals surface area contributed by atoms with E-state index in [9.17, 15) is 13.2 Å². The van der Waals surface area contributed by atoms with Crippen LogP contribution in [0.5, 0.6) is 11.5 Å². The van der Waals surface area contributed by atoms with Gasteiger partial charge in [0, 0.05) is 31.1 Å². The zero-order valence-corrected chi connectivity index (χ0v) is 18.2. The quantitative estimate of drug-likeness (QED) is 0.710. The fourth-order valence-corrected chi connectivity index (χ4v) is 6.38. The van der Waals surface area contributed by atoms with Crippen molar-refractivity contribution in [3.05, 3.63) is 42.0 Å². The van der Waals surface area contributed by atoms with Crippen molar-refractivity contribution in [1.29, 1.82) is 0 Å². The van der Waals surface area contributed by atoms with Crippen LogP contribution in [0.4, 0.5) is 4.79 Å². The SMILES string of the molecule is CC1=CC=CC2COC(=O)N(C3CCN(S(=O)(=O)c4ccc5c(c4)OCCO5)CC3)C12. The number of amides is 1. The van der Waals surface area contributed by atoms with Crippen molar-refractivity contribution >= 4 is 16.1 Å². The van der Waals surface area contributed by atoms with E-state index < -0.39 is 10.0 Å². The molecule has 0 spiro atoms. The molecule has 2 unspecified atom stereocenters. The van der Waals surface area contributed by atoms with Gasteiger partial charge >= 0.3 is 6.09 Å². The number of piperidine rings is 1. The highest BCUT2D eigenvalue weighted by molar-refractivity contribution is 7.89. The lowest BCUT2D eigenvalue weighted by Gasteiger charge is -2.47. The van der Waals surface area contributed by atoms with Crippen molar-refractivity contribution in [2.24, 2.45) is 5.92 Å². The van der Waals surface area contributed by atoms with Crippen molar-refractivity contribution in [2.45, 2.75) is 36.7 Å². The van der Waals surface area contributed by atoms with Crippen LogP contribution in [-0.2, 0) is 14.8 Å². The molecule has 4 aliphatic rings. The van der Waals surface area contributed by atoms with Crippen LogP contribution in [0.25, 0.3) is 0 Å². The summed E-state index contributed by atoms with van der Waals surface area (Å²) in [6.07, 6.45) is 6.96. The fourth-order valence-electron chi connectivity index (χ4n) is 4.89. The number of nitrogens with zero attached hydrogens (tertiary/aromatic N) is 2. The number of allylic oxidation sites excluding steroid dienone is 2. The van der Waals surface area contributed by atoms with Gasteiger partial charge in [0.25, 0.3) is 0 Å². The van der Waals surface area contributed by atoms with Crippen LogP contribution < -0.4 is 9.47 Å². The van der Waals surface area contributed by atoms with Gasteiger partial charge in [0.05, 0.1) is 10.9 Å². The smallest absolute Gasteiger partial charge is 0.410 e. The van der Waals surface area contributed by atoms with E-state index >= 15 is 0 Å². The van der Waals surface area contributed by atoms with Crippen LogP contribution in [-0.4, -0.2) is 68.7 Å². The van der Waals surface area contributed by atoms with E-state index in [1.165, 1.54) is 10.4 Å². The summed E-state index contributed by atoms with van der Waals surface area (Å²) >= 11 is 0. The molecule has 2 atom stereocenters. The number of ether oxygens (including phenoxy) is 3. The van der Waals surface area contributed by atoms with E-state index in [4.69, 9.17) is 14.2 Å². The number of carbonyl (C=O) groups is 1. The van der Waals surface area contributed by atoms with Gasteiger partial charge in [0.15, 0.2) is 11.5 Å². The highest BCUT2D eigenvalue weighted by atomic mass is 32.2. The van der Waals surface area contributed by atoms with E-state index in [1.807, 2.05) is 24.0 Å².